The number of benzene rings is 2. The predicted molar refractivity (Wildman–Crippen MR) is 113 cm³/mol. The van der Waals surface area contributed by atoms with E-state index in [0.717, 1.165) is 0 Å². The summed E-state index contributed by atoms with van der Waals surface area (Å²) >= 11 is 0. The molecule has 0 fully saturated rings. The van der Waals surface area contributed by atoms with E-state index in [9.17, 15) is 19.7 Å². The second-order valence-electron chi connectivity index (χ2n) is 6.72. The van der Waals surface area contributed by atoms with Crippen molar-refractivity contribution in [1.29, 1.82) is 0 Å². The molecule has 0 saturated heterocycles. The lowest BCUT2D eigenvalue weighted by Gasteiger charge is -2.11. The molecule has 0 spiro atoms. The SMILES string of the molecule is CC1=NN(c2ccc(C(=O)O)cc2)C(=O)/C1=C\c1ccc(-c2ccc([N+](=O)[O-])cc2)o1. The number of nitrogens with zero attached hydrogens (tertiary/aromatic N) is 3. The van der Waals surface area contributed by atoms with Gasteiger partial charge in [0.25, 0.3) is 11.6 Å². The summed E-state index contributed by atoms with van der Waals surface area (Å²) in [6, 6.07) is 15.2. The number of hydrogen-bond acceptors (Lipinski definition) is 6. The molecule has 0 bridgehead atoms. The van der Waals surface area contributed by atoms with Crippen molar-refractivity contribution in [3.63, 3.8) is 0 Å². The molecule has 1 amide bonds. The third-order valence-electron chi connectivity index (χ3n) is 4.70. The Bertz CT molecular complexity index is 1250. The van der Waals surface area contributed by atoms with Gasteiger partial charge in [-0.1, -0.05) is 0 Å². The highest BCUT2D eigenvalue weighted by molar-refractivity contribution is 6.32. The van der Waals surface area contributed by atoms with Crippen LogP contribution in [0.3, 0.4) is 0 Å². The van der Waals surface area contributed by atoms with Crippen molar-refractivity contribution < 1.29 is 24.0 Å². The van der Waals surface area contributed by atoms with Crippen molar-refractivity contribution >= 4 is 35.0 Å². The highest BCUT2D eigenvalue weighted by Gasteiger charge is 2.29. The first-order valence-corrected chi connectivity index (χ1v) is 9.13. The van der Waals surface area contributed by atoms with Gasteiger partial charge in [0.15, 0.2) is 0 Å². The van der Waals surface area contributed by atoms with E-state index in [4.69, 9.17) is 9.52 Å². The van der Waals surface area contributed by atoms with Crippen LogP contribution in [0.15, 0.2) is 75.8 Å². The Hall–Kier alpha value is -4.53. The summed E-state index contributed by atoms with van der Waals surface area (Å²) in [6.07, 6.45) is 1.57. The Balaban J connectivity index is 1.57. The molecular formula is C22H15N3O6. The fraction of sp³-hybridized carbons (Fsp3) is 0.0455. The summed E-state index contributed by atoms with van der Waals surface area (Å²) < 4.78 is 5.77. The smallest absolute Gasteiger partial charge is 0.335 e. The molecule has 2 heterocycles. The number of nitro benzene ring substituents is 1. The number of anilines is 1. The van der Waals surface area contributed by atoms with Crippen molar-refractivity contribution in [2.45, 2.75) is 6.92 Å². The van der Waals surface area contributed by atoms with Crippen LogP contribution in [0.1, 0.15) is 23.0 Å². The molecule has 1 aromatic heterocycles. The van der Waals surface area contributed by atoms with Gasteiger partial charge in [-0.15, -0.1) is 0 Å². The number of non-ortho nitro benzene ring substituents is 1. The maximum Gasteiger partial charge on any atom is 0.335 e. The molecule has 0 saturated carbocycles. The number of aromatic carboxylic acids is 1. The molecule has 1 aliphatic heterocycles. The lowest BCUT2D eigenvalue weighted by Crippen LogP contribution is -2.21. The van der Waals surface area contributed by atoms with Gasteiger partial charge in [-0.25, -0.2) is 4.79 Å². The maximum absolute atomic E-state index is 12.8. The summed E-state index contributed by atoms with van der Waals surface area (Å²) in [7, 11) is 0. The second-order valence-corrected chi connectivity index (χ2v) is 6.72. The maximum atomic E-state index is 12.8. The average molecular weight is 417 g/mol. The van der Waals surface area contributed by atoms with Crippen molar-refractivity contribution in [2.24, 2.45) is 5.10 Å². The minimum Gasteiger partial charge on any atom is -0.478 e. The number of carbonyl (C=O) groups is 2. The zero-order valence-corrected chi connectivity index (χ0v) is 16.2. The Labute approximate surface area is 175 Å². The van der Waals surface area contributed by atoms with Crippen LogP contribution < -0.4 is 5.01 Å². The lowest BCUT2D eigenvalue weighted by atomic mass is 10.1. The molecule has 3 aromatic rings. The number of amides is 1. The van der Waals surface area contributed by atoms with Crippen LogP contribution >= 0.6 is 0 Å². The fourth-order valence-corrected chi connectivity index (χ4v) is 3.08. The summed E-state index contributed by atoms with van der Waals surface area (Å²) in [5, 5.41) is 25.3. The monoisotopic (exact) mass is 417 g/mol. The molecule has 9 heteroatoms. The van der Waals surface area contributed by atoms with Crippen molar-refractivity contribution in [3.8, 4) is 11.3 Å². The van der Waals surface area contributed by atoms with Gasteiger partial charge >= 0.3 is 5.97 Å². The third-order valence-corrected chi connectivity index (χ3v) is 4.70. The largest absolute Gasteiger partial charge is 0.478 e. The quantitative estimate of drug-likeness (QED) is 0.373. The number of carbonyl (C=O) groups excluding carboxylic acids is 1. The molecule has 31 heavy (non-hydrogen) atoms. The molecule has 154 valence electrons. The minimum absolute atomic E-state index is 0.0162. The zero-order valence-electron chi connectivity index (χ0n) is 16.2. The number of carboxylic acid groups (broad SMARTS) is 1. The van der Waals surface area contributed by atoms with Gasteiger partial charge in [-0.05, 0) is 61.5 Å². The Morgan fingerprint density at radius 1 is 1.10 bits per heavy atom. The highest BCUT2D eigenvalue weighted by atomic mass is 16.6. The van der Waals surface area contributed by atoms with E-state index < -0.39 is 10.9 Å². The van der Waals surface area contributed by atoms with Crippen LogP contribution in [-0.2, 0) is 4.79 Å². The fourth-order valence-electron chi connectivity index (χ4n) is 3.08. The van der Waals surface area contributed by atoms with Crippen molar-refractivity contribution in [3.05, 3.63) is 87.7 Å². The Kier molecular flexibility index (Phi) is 4.92. The third kappa shape index (κ3) is 3.84. The topological polar surface area (TPSA) is 126 Å². The van der Waals surface area contributed by atoms with E-state index in [1.165, 1.54) is 41.4 Å². The van der Waals surface area contributed by atoms with Gasteiger partial charge in [0.2, 0.25) is 0 Å². The number of rotatable bonds is 5. The normalized spacial score (nSPS) is 14.7. The molecule has 0 unspecified atom stereocenters. The van der Waals surface area contributed by atoms with Crippen LogP contribution in [0, 0.1) is 10.1 Å². The van der Waals surface area contributed by atoms with E-state index in [1.807, 2.05) is 0 Å². The molecular weight excluding hydrogens is 402 g/mol. The molecule has 0 aliphatic carbocycles. The van der Waals surface area contributed by atoms with Gasteiger partial charge in [-0.3, -0.25) is 14.9 Å². The van der Waals surface area contributed by atoms with Gasteiger partial charge in [0.05, 0.1) is 27.5 Å². The van der Waals surface area contributed by atoms with E-state index in [2.05, 4.69) is 5.10 Å². The average Bonchev–Trinajstić information content (AvgIpc) is 3.34. The van der Waals surface area contributed by atoms with Crippen LogP contribution in [0.5, 0.6) is 0 Å². The summed E-state index contributed by atoms with van der Waals surface area (Å²) in [5.74, 6) is -0.493. The number of furan rings is 1. The highest BCUT2D eigenvalue weighted by Crippen LogP contribution is 2.28. The van der Waals surface area contributed by atoms with Crippen molar-refractivity contribution in [2.75, 3.05) is 5.01 Å². The van der Waals surface area contributed by atoms with Crippen LogP contribution in [0.4, 0.5) is 11.4 Å². The van der Waals surface area contributed by atoms with E-state index in [0.29, 0.717) is 34.1 Å². The minimum atomic E-state index is -1.05. The molecule has 4 rings (SSSR count). The Morgan fingerprint density at radius 2 is 1.77 bits per heavy atom. The molecule has 1 N–H and O–H groups in total. The summed E-state index contributed by atoms with van der Waals surface area (Å²) in [6.45, 7) is 1.69. The predicted octanol–water partition coefficient (Wildman–Crippen LogP) is 4.36. The number of nitro groups is 1. The zero-order chi connectivity index (χ0) is 22.1. The van der Waals surface area contributed by atoms with Gasteiger partial charge in [-0.2, -0.15) is 10.1 Å². The van der Waals surface area contributed by atoms with Crippen molar-refractivity contribution in [1.82, 2.24) is 0 Å². The lowest BCUT2D eigenvalue weighted by molar-refractivity contribution is -0.384. The Morgan fingerprint density at radius 3 is 2.39 bits per heavy atom. The molecule has 2 aromatic carbocycles. The summed E-state index contributed by atoms with van der Waals surface area (Å²) in [5.41, 5.74) is 2.04. The van der Waals surface area contributed by atoms with Crippen LogP contribution in [0.25, 0.3) is 17.4 Å². The standard InChI is InChI=1S/C22H15N3O6/c1-13-19(21(26)24(23-13)16-6-4-15(5-7-16)22(27)28)12-18-10-11-20(31-18)14-2-8-17(9-3-14)25(29)30/h2-12H,1H3,(H,27,28)/b19-12-. The molecule has 0 radical (unpaired) electrons. The van der Waals surface area contributed by atoms with Gasteiger partial charge in [0.1, 0.15) is 11.5 Å². The van der Waals surface area contributed by atoms with Crippen LogP contribution in [-0.4, -0.2) is 27.6 Å². The number of carboxylic acids is 1. The first kappa shape index (κ1) is 19.8. The first-order valence-electron chi connectivity index (χ1n) is 9.13. The van der Waals surface area contributed by atoms with Gasteiger partial charge in [0, 0.05) is 17.7 Å². The van der Waals surface area contributed by atoms with Gasteiger partial charge < -0.3 is 9.52 Å². The first-order chi connectivity index (χ1) is 14.8. The second kappa shape index (κ2) is 7.71. The number of hydrogen-bond donors (Lipinski definition) is 1. The number of hydrazone groups is 1. The van der Waals surface area contributed by atoms with E-state index in [1.54, 1.807) is 37.3 Å². The van der Waals surface area contributed by atoms with Crippen LogP contribution in [0.2, 0.25) is 0 Å². The molecule has 1 aliphatic rings. The molecule has 0 atom stereocenters. The molecule has 9 nitrogen and oxygen atoms in total. The summed E-state index contributed by atoms with van der Waals surface area (Å²) in [4.78, 5) is 34.1. The van der Waals surface area contributed by atoms with E-state index >= 15 is 0 Å². The van der Waals surface area contributed by atoms with E-state index in [-0.39, 0.29) is 17.2 Å².